The number of hydrogen-bond donors (Lipinski definition) is 3. The largest absolute Gasteiger partial charge is 0.395 e. The molecule has 0 aliphatic carbocycles. The second-order valence-electron chi connectivity index (χ2n) is 3.44. The Bertz CT molecular complexity index is 130. The van der Waals surface area contributed by atoms with Crippen LogP contribution in [-0.2, 0) is 0 Å². The lowest BCUT2D eigenvalue weighted by molar-refractivity contribution is 0.0913. The van der Waals surface area contributed by atoms with Crippen molar-refractivity contribution >= 4 is 0 Å². The summed E-state index contributed by atoms with van der Waals surface area (Å²) in [5, 5.41) is 21.2. The predicted octanol–water partition coefficient (Wildman–Crippen LogP) is -1.37. The number of rotatable bonds is 3. The first-order valence-corrected chi connectivity index (χ1v) is 4.47. The predicted molar refractivity (Wildman–Crippen MR) is 47.0 cm³/mol. The van der Waals surface area contributed by atoms with Crippen molar-refractivity contribution in [3.8, 4) is 0 Å². The molecule has 0 saturated carbocycles. The molecule has 1 rings (SSSR count). The summed E-state index contributed by atoms with van der Waals surface area (Å²) in [6.45, 7) is 5.37. The molecule has 3 N–H and O–H groups in total. The highest BCUT2D eigenvalue weighted by molar-refractivity contribution is 4.78. The fraction of sp³-hybridized carbons (Fsp3) is 1.00. The molecule has 1 aliphatic rings. The summed E-state index contributed by atoms with van der Waals surface area (Å²) in [5.74, 6) is 0. The Morgan fingerprint density at radius 1 is 1.67 bits per heavy atom. The molecule has 72 valence electrons. The maximum absolute atomic E-state index is 9.14. The number of piperazine rings is 1. The van der Waals surface area contributed by atoms with E-state index in [0.717, 1.165) is 19.6 Å². The van der Waals surface area contributed by atoms with Crippen molar-refractivity contribution in [1.29, 1.82) is 0 Å². The summed E-state index contributed by atoms with van der Waals surface area (Å²) >= 11 is 0. The van der Waals surface area contributed by atoms with Crippen molar-refractivity contribution in [3.05, 3.63) is 0 Å². The molecule has 12 heavy (non-hydrogen) atoms. The zero-order valence-electron chi connectivity index (χ0n) is 7.53. The second-order valence-corrected chi connectivity index (χ2v) is 3.44. The number of nitrogens with zero attached hydrogens (tertiary/aromatic N) is 1. The van der Waals surface area contributed by atoms with E-state index in [1.54, 1.807) is 6.92 Å². The summed E-state index contributed by atoms with van der Waals surface area (Å²) in [6.07, 6.45) is -0.276. The van der Waals surface area contributed by atoms with Crippen LogP contribution in [0.3, 0.4) is 0 Å². The van der Waals surface area contributed by atoms with Crippen LogP contribution in [0, 0.1) is 0 Å². The topological polar surface area (TPSA) is 55.7 Å². The Morgan fingerprint density at radius 3 is 3.00 bits per heavy atom. The lowest BCUT2D eigenvalue weighted by Gasteiger charge is -2.33. The zero-order valence-corrected chi connectivity index (χ0v) is 7.53. The van der Waals surface area contributed by atoms with Gasteiger partial charge in [0, 0.05) is 32.2 Å². The van der Waals surface area contributed by atoms with E-state index in [9.17, 15) is 0 Å². The smallest absolute Gasteiger partial charge is 0.0639 e. The first-order valence-electron chi connectivity index (χ1n) is 4.47. The summed E-state index contributed by atoms with van der Waals surface area (Å²) in [6, 6.07) is 0.178. The Morgan fingerprint density at radius 2 is 2.42 bits per heavy atom. The Labute approximate surface area is 73.2 Å². The minimum atomic E-state index is -0.276. The maximum Gasteiger partial charge on any atom is 0.0639 e. The van der Waals surface area contributed by atoms with Crippen molar-refractivity contribution in [2.45, 2.75) is 19.1 Å². The summed E-state index contributed by atoms with van der Waals surface area (Å²) < 4.78 is 0. The average molecular weight is 174 g/mol. The van der Waals surface area contributed by atoms with Crippen molar-refractivity contribution < 1.29 is 10.2 Å². The van der Waals surface area contributed by atoms with Crippen molar-refractivity contribution in [3.63, 3.8) is 0 Å². The van der Waals surface area contributed by atoms with Crippen molar-refractivity contribution in [2.24, 2.45) is 0 Å². The van der Waals surface area contributed by atoms with Gasteiger partial charge in [-0.2, -0.15) is 0 Å². The van der Waals surface area contributed by atoms with Gasteiger partial charge in [0.15, 0.2) is 0 Å². The van der Waals surface area contributed by atoms with Gasteiger partial charge in [0.05, 0.1) is 12.7 Å². The first kappa shape index (κ1) is 9.92. The molecule has 2 unspecified atom stereocenters. The molecule has 1 saturated heterocycles. The molecular formula is C8H18N2O2. The maximum atomic E-state index is 9.14. The van der Waals surface area contributed by atoms with E-state index in [0.29, 0.717) is 6.54 Å². The quantitative estimate of drug-likeness (QED) is 0.494. The van der Waals surface area contributed by atoms with Gasteiger partial charge < -0.3 is 15.5 Å². The molecular weight excluding hydrogens is 156 g/mol. The van der Waals surface area contributed by atoms with Gasteiger partial charge in [-0.25, -0.2) is 0 Å². The van der Waals surface area contributed by atoms with Gasteiger partial charge in [-0.3, -0.25) is 4.90 Å². The normalized spacial score (nSPS) is 28.8. The van der Waals surface area contributed by atoms with Crippen LogP contribution in [-0.4, -0.2) is 60.0 Å². The fourth-order valence-corrected chi connectivity index (χ4v) is 1.56. The van der Waals surface area contributed by atoms with Crippen LogP contribution >= 0.6 is 0 Å². The van der Waals surface area contributed by atoms with Crippen LogP contribution in [0.15, 0.2) is 0 Å². The third-order valence-corrected chi connectivity index (χ3v) is 2.08. The minimum Gasteiger partial charge on any atom is -0.395 e. The van der Waals surface area contributed by atoms with E-state index in [2.05, 4.69) is 10.2 Å². The molecule has 4 nitrogen and oxygen atoms in total. The molecule has 0 amide bonds. The van der Waals surface area contributed by atoms with Crippen LogP contribution in [0.25, 0.3) is 0 Å². The van der Waals surface area contributed by atoms with Gasteiger partial charge in [0.25, 0.3) is 0 Å². The van der Waals surface area contributed by atoms with E-state index < -0.39 is 0 Å². The molecule has 0 aromatic carbocycles. The van der Waals surface area contributed by atoms with Crippen LogP contribution in [0.1, 0.15) is 6.92 Å². The molecule has 0 aromatic rings. The molecule has 0 aromatic heterocycles. The Kier molecular flexibility index (Phi) is 3.94. The van der Waals surface area contributed by atoms with Crippen LogP contribution in [0.4, 0.5) is 0 Å². The number of β-amino-alcohol motifs (C(OH)–C–C–N with tert-alkyl or cyclic N) is 1. The van der Waals surface area contributed by atoms with E-state index in [-0.39, 0.29) is 18.8 Å². The summed E-state index contributed by atoms with van der Waals surface area (Å²) in [4.78, 5) is 2.17. The molecule has 0 radical (unpaired) electrons. The van der Waals surface area contributed by atoms with E-state index in [4.69, 9.17) is 10.2 Å². The van der Waals surface area contributed by atoms with Crippen molar-refractivity contribution in [2.75, 3.05) is 32.8 Å². The zero-order chi connectivity index (χ0) is 8.97. The molecule has 4 heteroatoms. The number of nitrogens with one attached hydrogen (secondary N) is 1. The third kappa shape index (κ3) is 3.06. The van der Waals surface area contributed by atoms with Gasteiger partial charge in [-0.15, -0.1) is 0 Å². The van der Waals surface area contributed by atoms with Crippen LogP contribution in [0.5, 0.6) is 0 Å². The lowest BCUT2D eigenvalue weighted by atomic mass is 10.2. The molecule has 0 bridgehead atoms. The molecule has 2 atom stereocenters. The average Bonchev–Trinajstić information content (AvgIpc) is 2.03. The number of aliphatic hydroxyl groups excluding tert-OH is 2. The Hall–Kier alpha value is -0.160. The fourth-order valence-electron chi connectivity index (χ4n) is 1.56. The number of hydrogen-bond acceptors (Lipinski definition) is 4. The first-order chi connectivity index (χ1) is 5.72. The van der Waals surface area contributed by atoms with Gasteiger partial charge in [0.1, 0.15) is 0 Å². The lowest BCUT2D eigenvalue weighted by Crippen LogP contribution is -2.53. The number of aliphatic hydroxyl groups is 2. The van der Waals surface area contributed by atoms with E-state index >= 15 is 0 Å². The summed E-state index contributed by atoms with van der Waals surface area (Å²) in [5.41, 5.74) is 0. The van der Waals surface area contributed by atoms with Gasteiger partial charge in [-0.1, -0.05) is 0 Å². The highest BCUT2D eigenvalue weighted by atomic mass is 16.3. The van der Waals surface area contributed by atoms with Gasteiger partial charge in [0.2, 0.25) is 0 Å². The summed E-state index contributed by atoms with van der Waals surface area (Å²) in [7, 11) is 0. The standard InChI is InChI=1S/C8H18N2O2/c1-7(12)4-10-3-2-9-8(5-10)6-11/h7-9,11-12H,2-6H2,1H3. The van der Waals surface area contributed by atoms with Gasteiger partial charge >= 0.3 is 0 Å². The van der Waals surface area contributed by atoms with Crippen molar-refractivity contribution in [1.82, 2.24) is 10.2 Å². The monoisotopic (exact) mass is 174 g/mol. The van der Waals surface area contributed by atoms with Crippen LogP contribution in [0.2, 0.25) is 0 Å². The van der Waals surface area contributed by atoms with Crippen LogP contribution < -0.4 is 5.32 Å². The van der Waals surface area contributed by atoms with Gasteiger partial charge in [-0.05, 0) is 6.92 Å². The third-order valence-electron chi connectivity index (χ3n) is 2.08. The minimum absolute atomic E-state index is 0.177. The SMILES string of the molecule is CC(O)CN1CCNC(CO)C1. The molecule has 0 spiro atoms. The molecule has 1 fully saturated rings. The molecule has 1 heterocycles. The van der Waals surface area contributed by atoms with E-state index in [1.807, 2.05) is 0 Å². The highest BCUT2D eigenvalue weighted by Crippen LogP contribution is 1.99. The van der Waals surface area contributed by atoms with E-state index in [1.165, 1.54) is 0 Å². The molecule has 1 aliphatic heterocycles. The highest BCUT2D eigenvalue weighted by Gasteiger charge is 2.18. The second kappa shape index (κ2) is 4.77. The Balaban J connectivity index is 2.25.